The highest BCUT2D eigenvalue weighted by atomic mass is 19.1. The minimum Gasteiger partial charge on any atom is -0.392 e. The lowest BCUT2D eigenvalue weighted by Gasteiger charge is -2.29. The van der Waals surface area contributed by atoms with Crippen LogP contribution in [-0.2, 0) is 13.0 Å². The standard InChI is InChI=1S/C27H28FN3O/c1-2-25-26(20-5-3-6-22(28)13-20)24-14-21(15-29-27(24)30-25)19-10-8-18(9-11-19)16-31-12-4-7-23(32)17-31/h3,5-6,8-11,13-15,23,32H,2,4,7,12,16-17H2,1H3,(H,29,30). The number of rotatable bonds is 5. The second-order valence-electron chi connectivity index (χ2n) is 8.69. The summed E-state index contributed by atoms with van der Waals surface area (Å²) in [6.45, 7) is 4.73. The van der Waals surface area contributed by atoms with Gasteiger partial charge in [-0.1, -0.05) is 43.3 Å². The summed E-state index contributed by atoms with van der Waals surface area (Å²) in [5.41, 5.74) is 7.16. The Morgan fingerprint density at radius 2 is 1.94 bits per heavy atom. The molecule has 0 spiro atoms. The normalized spacial score (nSPS) is 17.2. The molecule has 0 saturated carbocycles. The van der Waals surface area contributed by atoms with Crippen LogP contribution in [0.25, 0.3) is 33.3 Å². The van der Waals surface area contributed by atoms with E-state index in [9.17, 15) is 9.50 Å². The van der Waals surface area contributed by atoms with Crippen LogP contribution in [0.2, 0.25) is 0 Å². The molecule has 2 N–H and O–H groups in total. The van der Waals surface area contributed by atoms with Crippen molar-refractivity contribution in [2.24, 2.45) is 0 Å². The number of aromatic amines is 1. The smallest absolute Gasteiger partial charge is 0.138 e. The molecule has 1 aliphatic heterocycles. The summed E-state index contributed by atoms with van der Waals surface area (Å²) in [5.74, 6) is -0.236. The highest BCUT2D eigenvalue weighted by Crippen LogP contribution is 2.34. The van der Waals surface area contributed by atoms with Crippen LogP contribution in [0.3, 0.4) is 0 Å². The van der Waals surface area contributed by atoms with Crippen LogP contribution in [0, 0.1) is 5.82 Å². The minimum atomic E-state index is -0.236. The molecular weight excluding hydrogens is 401 g/mol. The molecule has 5 heteroatoms. The molecule has 4 nitrogen and oxygen atoms in total. The monoisotopic (exact) mass is 429 g/mol. The van der Waals surface area contributed by atoms with Crippen LogP contribution in [0.5, 0.6) is 0 Å². The molecule has 3 heterocycles. The van der Waals surface area contributed by atoms with Gasteiger partial charge >= 0.3 is 0 Å². The molecule has 164 valence electrons. The van der Waals surface area contributed by atoms with Crippen LogP contribution in [0.15, 0.2) is 60.8 Å². The number of aryl methyl sites for hydroxylation is 1. The summed E-state index contributed by atoms with van der Waals surface area (Å²) >= 11 is 0. The Kier molecular flexibility index (Phi) is 5.77. The molecule has 1 atom stereocenters. The van der Waals surface area contributed by atoms with Crippen molar-refractivity contribution in [2.75, 3.05) is 13.1 Å². The number of aromatic nitrogens is 2. The van der Waals surface area contributed by atoms with Gasteiger partial charge in [0.2, 0.25) is 0 Å². The molecule has 32 heavy (non-hydrogen) atoms. The molecule has 0 aliphatic carbocycles. The van der Waals surface area contributed by atoms with E-state index in [0.29, 0.717) is 0 Å². The summed E-state index contributed by atoms with van der Waals surface area (Å²) in [4.78, 5) is 10.4. The zero-order chi connectivity index (χ0) is 22.1. The third-order valence-electron chi connectivity index (χ3n) is 6.37. The van der Waals surface area contributed by atoms with E-state index in [1.165, 1.54) is 11.6 Å². The number of pyridine rings is 1. The molecule has 5 rings (SSSR count). The zero-order valence-electron chi connectivity index (χ0n) is 18.3. The van der Waals surface area contributed by atoms with E-state index in [1.54, 1.807) is 12.1 Å². The van der Waals surface area contributed by atoms with E-state index >= 15 is 0 Å². The molecule has 0 bridgehead atoms. The lowest BCUT2D eigenvalue weighted by molar-refractivity contribution is 0.0668. The minimum absolute atomic E-state index is 0.206. The molecule has 1 unspecified atom stereocenters. The van der Waals surface area contributed by atoms with Gasteiger partial charge < -0.3 is 10.1 Å². The molecule has 0 radical (unpaired) electrons. The summed E-state index contributed by atoms with van der Waals surface area (Å²) in [7, 11) is 0. The Morgan fingerprint density at radius 3 is 2.69 bits per heavy atom. The van der Waals surface area contributed by atoms with Gasteiger partial charge in [0.25, 0.3) is 0 Å². The van der Waals surface area contributed by atoms with Crippen LogP contribution in [0.4, 0.5) is 4.39 Å². The molecule has 2 aromatic heterocycles. The van der Waals surface area contributed by atoms with Crippen LogP contribution >= 0.6 is 0 Å². The maximum atomic E-state index is 13.9. The van der Waals surface area contributed by atoms with E-state index in [4.69, 9.17) is 0 Å². The van der Waals surface area contributed by atoms with Crippen molar-refractivity contribution in [1.82, 2.24) is 14.9 Å². The molecule has 4 aromatic rings. The average Bonchev–Trinajstić information content (AvgIpc) is 3.17. The van der Waals surface area contributed by atoms with Gasteiger partial charge in [-0.25, -0.2) is 9.37 Å². The first kappa shape index (κ1) is 20.9. The van der Waals surface area contributed by atoms with Gasteiger partial charge in [-0.05, 0) is 60.7 Å². The van der Waals surface area contributed by atoms with Gasteiger partial charge in [0.15, 0.2) is 0 Å². The first-order valence-electron chi connectivity index (χ1n) is 11.4. The van der Waals surface area contributed by atoms with E-state index < -0.39 is 0 Å². The van der Waals surface area contributed by atoms with E-state index in [2.05, 4.69) is 52.1 Å². The number of aliphatic hydroxyl groups excluding tert-OH is 1. The predicted octanol–water partition coefficient (Wildman–Crippen LogP) is 5.56. The SMILES string of the molecule is CCc1[nH]c2ncc(-c3ccc(CN4CCCC(O)C4)cc3)cc2c1-c1cccc(F)c1. The molecular formula is C27H28FN3O. The van der Waals surface area contributed by atoms with Gasteiger partial charge in [-0.15, -0.1) is 0 Å². The van der Waals surface area contributed by atoms with Gasteiger partial charge in [0.1, 0.15) is 11.5 Å². The topological polar surface area (TPSA) is 52.2 Å². The molecule has 1 saturated heterocycles. The fourth-order valence-corrected chi connectivity index (χ4v) is 4.76. The van der Waals surface area contributed by atoms with Gasteiger partial charge in [-0.3, -0.25) is 4.90 Å². The lowest BCUT2D eigenvalue weighted by Crippen LogP contribution is -2.37. The molecule has 2 aromatic carbocycles. The predicted molar refractivity (Wildman–Crippen MR) is 127 cm³/mol. The van der Waals surface area contributed by atoms with E-state index in [-0.39, 0.29) is 11.9 Å². The number of likely N-dealkylation sites (tertiary alicyclic amines) is 1. The van der Waals surface area contributed by atoms with Crippen molar-refractivity contribution in [3.63, 3.8) is 0 Å². The second kappa shape index (κ2) is 8.85. The summed E-state index contributed by atoms with van der Waals surface area (Å²) in [6, 6.07) is 17.5. The number of β-amino-alcohol motifs (C(OH)–C–C–N with tert-alkyl or cyclic N) is 1. The maximum absolute atomic E-state index is 13.9. The van der Waals surface area contributed by atoms with Crippen molar-refractivity contribution in [2.45, 2.75) is 38.8 Å². The number of hydrogen-bond acceptors (Lipinski definition) is 3. The number of aliphatic hydroxyl groups is 1. The Morgan fingerprint density at radius 1 is 1.09 bits per heavy atom. The molecule has 0 amide bonds. The third-order valence-corrected chi connectivity index (χ3v) is 6.37. The van der Waals surface area contributed by atoms with Crippen molar-refractivity contribution in [1.29, 1.82) is 0 Å². The van der Waals surface area contributed by atoms with Crippen LogP contribution in [0.1, 0.15) is 31.0 Å². The Bertz CT molecular complexity index is 1230. The maximum Gasteiger partial charge on any atom is 0.138 e. The van der Waals surface area contributed by atoms with Gasteiger partial charge in [0, 0.05) is 41.5 Å². The largest absolute Gasteiger partial charge is 0.392 e. The zero-order valence-corrected chi connectivity index (χ0v) is 18.3. The Balaban J connectivity index is 1.46. The first-order valence-corrected chi connectivity index (χ1v) is 11.4. The molecule has 1 aliphatic rings. The number of nitrogens with zero attached hydrogens (tertiary/aromatic N) is 2. The Hall–Kier alpha value is -3.02. The lowest BCUT2D eigenvalue weighted by atomic mass is 9.99. The first-order chi connectivity index (χ1) is 15.6. The summed E-state index contributed by atoms with van der Waals surface area (Å²) in [5, 5.41) is 10.9. The van der Waals surface area contributed by atoms with E-state index in [0.717, 1.165) is 77.9 Å². The number of H-pyrrole nitrogens is 1. The number of halogens is 1. The second-order valence-corrected chi connectivity index (χ2v) is 8.69. The average molecular weight is 430 g/mol. The fourth-order valence-electron chi connectivity index (χ4n) is 4.76. The third kappa shape index (κ3) is 4.18. The van der Waals surface area contributed by atoms with Gasteiger partial charge in [-0.2, -0.15) is 0 Å². The van der Waals surface area contributed by atoms with Crippen LogP contribution in [-0.4, -0.2) is 39.2 Å². The van der Waals surface area contributed by atoms with Gasteiger partial charge in [0.05, 0.1) is 6.10 Å². The quantitative estimate of drug-likeness (QED) is 0.437. The van der Waals surface area contributed by atoms with Crippen molar-refractivity contribution in [3.05, 3.63) is 77.9 Å². The number of hydrogen-bond donors (Lipinski definition) is 2. The van der Waals surface area contributed by atoms with E-state index in [1.807, 2.05) is 12.3 Å². The summed E-state index contributed by atoms with van der Waals surface area (Å²) < 4.78 is 13.9. The number of piperidine rings is 1. The highest BCUT2D eigenvalue weighted by molar-refractivity contribution is 5.97. The molecule has 1 fully saturated rings. The van der Waals surface area contributed by atoms with Crippen molar-refractivity contribution >= 4 is 11.0 Å². The highest BCUT2D eigenvalue weighted by Gasteiger charge is 2.18. The summed E-state index contributed by atoms with van der Waals surface area (Å²) in [6.07, 6.45) is 4.46. The Labute approximate surface area is 187 Å². The number of benzene rings is 2. The number of fused-ring (bicyclic) bond motifs is 1. The van der Waals surface area contributed by atoms with Crippen molar-refractivity contribution < 1.29 is 9.50 Å². The number of nitrogens with one attached hydrogen (secondary N) is 1. The van der Waals surface area contributed by atoms with Crippen LogP contribution < -0.4 is 0 Å². The van der Waals surface area contributed by atoms with Crippen molar-refractivity contribution in [3.8, 4) is 22.3 Å². The fraction of sp³-hybridized carbons (Fsp3) is 0.296.